The van der Waals surface area contributed by atoms with Crippen molar-refractivity contribution in [2.75, 3.05) is 5.75 Å². The Morgan fingerprint density at radius 1 is 1.38 bits per heavy atom. The standard InChI is InChI=1S/C17H22ClN5O2S/c1-3-23-15(8-7-14(19)24)21-22-17(23)26-10-16(25)20-11(2)12-5-4-6-13(18)9-12/h4-6,9,11H,3,7-8,10H2,1-2H3,(H2,19,24)(H,20,25)/t11-/m0/s1. The second-order valence-electron chi connectivity index (χ2n) is 5.74. The Hall–Kier alpha value is -2.06. The highest BCUT2D eigenvalue weighted by Crippen LogP contribution is 2.20. The lowest BCUT2D eigenvalue weighted by molar-refractivity contribution is -0.119. The number of primary amides is 1. The Kier molecular flexibility index (Phi) is 7.47. The smallest absolute Gasteiger partial charge is 0.230 e. The third kappa shape index (κ3) is 5.74. The van der Waals surface area contributed by atoms with Gasteiger partial charge in [0.25, 0.3) is 0 Å². The Balaban J connectivity index is 1.91. The number of amides is 2. The number of halogens is 1. The summed E-state index contributed by atoms with van der Waals surface area (Å²) in [7, 11) is 0. The molecule has 1 aromatic heterocycles. The van der Waals surface area contributed by atoms with Crippen LogP contribution in [0.4, 0.5) is 0 Å². The Morgan fingerprint density at radius 3 is 2.81 bits per heavy atom. The second-order valence-corrected chi connectivity index (χ2v) is 7.12. The number of nitrogens with one attached hydrogen (secondary N) is 1. The van der Waals surface area contributed by atoms with Gasteiger partial charge in [0, 0.05) is 24.4 Å². The lowest BCUT2D eigenvalue weighted by Crippen LogP contribution is -2.28. The van der Waals surface area contributed by atoms with Crippen LogP contribution in [0.5, 0.6) is 0 Å². The summed E-state index contributed by atoms with van der Waals surface area (Å²) in [5.74, 6) is 0.436. The molecule has 1 atom stereocenters. The first-order valence-corrected chi connectivity index (χ1v) is 9.65. The van der Waals surface area contributed by atoms with Gasteiger partial charge in [-0.05, 0) is 31.5 Å². The van der Waals surface area contributed by atoms with E-state index in [9.17, 15) is 9.59 Å². The maximum Gasteiger partial charge on any atom is 0.230 e. The summed E-state index contributed by atoms with van der Waals surface area (Å²) in [6.07, 6.45) is 0.662. The molecule has 0 saturated heterocycles. The molecule has 0 saturated carbocycles. The lowest BCUT2D eigenvalue weighted by Gasteiger charge is -2.14. The topological polar surface area (TPSA) is 103 Å². The molecule has 0 bridgehead atoms. The van der Waals surface area contributed by atoms with Crippen molar-refractivity contribution < 1.29 is 9.59 Å². The fraction of sp³-hybridized carbons (Fsp3) is 0.412. The van der Waals surface area contributed by atoms with Gasteiger partial charge in [-0.3, -0.25) is 9.59 Å². The number of hydrogen-bond acceptors (Lipinski definition) is 5. The average molecular weight is 396 g/mol. The molecule has 0 unspecified atom stereocenters. The highest BCUT2D eigenvalue weighted by molar-refractivity contribution is 7.99. The molecular formula is C17H22ClN5O2S. The first-order valence-electron chi connectivity index (χ1n) is 8.28. The molecule has 9 heteroatoms. The fourth-order valence-corrected chi connectivity index (χ4v) is 3.47. The van der Waals surface area contributed by atoms with E-state index in [0.29, 0.717) is 29.0 Å². The van der Waals surface area contributed by atoms with Crippen LogP contribution >= 0.6 is 23.4 Å². The van der Waals surface area contributed by atoms with E-state index in [-0.39, 0.29) is 30.0 Å². The highest BCUT2D eigenvalue weighted by Gasteiger charge is 2.15. The third-order valence-corrected chi connectivity index (χ3v) is 4.97. The minimum absolute atomic E-state index is 0.105. The van der Waals surface area contributed by atoms with E-state index in [1.807, 2.05) is 36.6 Å². The largest absolute Gasteiger partial charge is 0.370 e. The monoisotopic (exact) mass is 395 g/mol. The first-order chi connectivity index (χ1) is 12.4. The molecule has 2 aromatic rings. The number of nitrogens with two attached hydrogens (primary N) is 1. The van der Waals surface area contributed by atoms with Crippen molar-refractivity contribution in [2.24, 2.45) is 5.73 Å². The van der Waals surface area contributed by atoms with Gasteiger partial charge in [0.05, 0.1) is 11.8 Å². The number of hydrogen-bond donors (Lipinski definition) is 2. The number of nitrogens with zero attached hydrogens (tertiary/aromatic N) is 3. The normalized spacial score (nSPS) is 12.0. The van der Waals surface area contributed by atoms with Crippen LogP contribution in [0.1, 0.15) is 37.7 Å². The van der Waals surface area contributed by atoms with Crippen molar-refractivity contribution in [1.82, 2.24) is 20.1 Å². The molecule has 0 radical (unpaired) electrons. The second kappa shape index (κ2) is 9.59. The zero-order valence-corrected chi connectivity index (χ0v) is 16.3. The number of aromatic nitrogens is 3. The molecule has 140 valence electrons. The number of aryl methyl sites for hydroxylation is 1. The van der Waals surface area contributed by atoms with Gasteiger partial charge >= 0.3 is 0 Å². The summed E-state index contributed by atoms with van der Waals surface area (Å²) >= 11 is 7.29. The maximum absolute atomic E-state index is 12.2. The van der Waals surface area contributed by atoms with Crippen LogP contribution in [0.3, 0.4) is 0 Å². The van der Waals surface area contributed by atoms with E-state index >= 15 is 0 Å². The molecule has 0 spiro atoms. The van der Waals surface area contributed by atoms with Gasteiger partial charge < -0.3 is 15.6 Å². The Bertz CT molecular complexity index is 780. The van der Waals surface area contributed by atoms with Gasteiger partial charge in [-0.1, -0.05) is 35.5 Å². The van der Waals surface area contributed by atoms with Crippen LogP contribution < -0.4 is 11.1 Å². The fourth-order valence-electron chi connectivity index (χ4n) is 2.44. The van der Waals surface area contributed by atoms with Gasteiger partial charge in [0.15, 0.2) is 5.16 Å². The Morgan fingerprint density at radius 2 is 2.15 bits per heavy atom. The highest BCUT2D eigenvalue weighted by atomic mass is 35.5. The van der Waals surface area contributed by atoms with Crippen molar-refractivity contribution in [2.45, 2.75) is 44.4 Å². The number of rotatable bonds is 9. The molecule has 2 amide bonds. The molecule has 3 N–H and O–H groups in total. The van der Waals surface area contributed by atoms with Gasteiger partial charge in [-0.25, -0.2) is 0 Å². The minimum Gasteiger partial charge on any atom is -0.370 e. The predicted octanol–water partition coefficient (Wildman–Crippen LogP) is 2.34. The zero-order chi connectivity index (χ0) is 19.1. The SMILES string of the molecule is CCn1c(CCC(N)=O)nnc1SCC(=O)N[C@@H](C)c1cccc(Cl)c1. The van der Waals surface area contributed by atoms with Gasteiger partial charge in [-0.2, -0.15) is 0 Å². The van der Waals surface area contributed by atoms with Crippen molar-refractivity contribution in [1.29, 1.82) is 0 Å². The van der Waals surface area contributed by atoms with Crippen molar-refractivity contribution in [3.63, 3.8) is 0 Å². The van der Waals surface area contributed by atoms with E-state index in [4.69, 9.17) is 17.3 Å². The van der Waals surface area contributed by atoms with Crippen LogP contribution in [0.2, 0.25) is 5.02 Å². The van der Waals surface area contributed by atoms with Gasteiger partial charge in [-0.15, -0.1) is 10.2 Å². The number of carbonyl (C=O) groups excluding carboxylic acids is 2. The summed E-state index contributed by atoms with van der Waals surface area (Å²) in [4.78, 5) is 23.2. The molecule has 26 heavy (non-hydrogen) atoms. The number of thioether (sulfide) groups is 1. The predicted molar refractivity (Wildman–Crippen MR) is 102 cm³/mol. The molecule has 0 aliphatic carbocycles. The van der Waals surface area contributed by atoms with Crippen LogP contribution in [-0.2, 0) is 22.6 Å². The quantitative estimate of drug-likeness (QED) is 0.634. The van der Waals surface area contributed by atoms with Crippen LogP contribution in [-0.4, -0.2) is 32.3 Å². The molecule has 0 aliphatic heterocycles. The summed E-state index contributed by atoms with van der Waals surface area (Å²) < 4.78 is 1.89. The maximum atomic E-state index is 12.2. The summed E-state index contributed by atoms with van der Waals surface area (Å²) in [5.41, 5.74) is 6.12. The summed E-state index contributed by atoms with van der Waals surface area (Å²) in [6, 6.07) is 7.26. The van der Waals surface area contributed by atoms with Crippen molar-refractivity contribution in [3.8, 4) is 0 Å². The van der Waals surface area contributed by atoms with Gasteiger partial charge in [0.1, 0.15) is 5.82 Å². The summed E-state index contributed by atoms with van der Waals surface area (Å²) in [5, 5.41) is 12.4. The third-order valence-electron chi connectivity index (χ3n) is 3.76. The molecule has 7 nitrogen and oxygen atoms in total. The minimum atomic E-state index is -0.376. The number of carbonyl (C=O) groups is 2. The summed E-state index contributed by atoms with van der Waals surface area (Å²) in [6.45, 7) is 4.52. The molecular weight excluding hydrogens is 374 g/mol. The molecule has 0 fully saturated rings. The van der Waals surface area contributed by atoms with Crippen LogP contribution in [0, 0.1) is 0 Å². The first kappa shape index (κ1) is 20.3. The molecule has 1 aromatic carbocycles. The van der Waals surface area contributed by atoms with E-state index in [0.717, 1.165) is 5.56 Å². The van der Waals surface area contributed by atoms with Crippen molar-refractivity contribution >= 4 is 35.2 Å². The lowest BCUT2D eigenvalue weighted by atomic mass is 10.1. The molecule has 1 heterocycles. The van der Waals surface area contributed by atoms with E-state index in [2.05, 4.69) is 15.5 Å². The molecule has 2 rings (SSSR count). The average Bonchev–Trinajstić information content (AvgIpc) is 3.00. The number of benzene rings is 1. The van der Waals surface area contributed by atoms with E-state index in [1.54, 1.807) is 6.07 Å². The van der Waals surface area contributed by atoms with E-state index < -0.39 is 0 Å². The van der Waals surface area contributed by atoms with E-state index in [1.165, 1.54) is 11.8 Å². The zero-order valence-electron chi connectivity index (χ0n) is 14.7. The Labute approximate surface area is 161 Å². The van der Waals surface area contributed by atoms with Gasteiger partial charge in [0.2, 0.25) is 11.8 Å². The van der Waals surface area contributed by atoms with Crippen LogP contribution in [0.15, 0.2) is 29.4 Å². The van der Waals surface area contributed by atoms with Crippen LogP contribution in [0.25, 0.3) is 0 Å². The molecule has 0 aliphatic rings. The van der Waals surface area contributed by atoms with Crippen molar-refractivity contribution in [3.05, 3.63) is 40.7 Å².